The minimum absolute atomic E-state index is 0.0608. The van der Waals surface area contributed by atoms with Crippen LogP contribution in [-0.2, 0) is 9.59 Å². The number of nitrogens with zero attached hydrogens (tertiary/aromatic N) is 2. The molecule has 1 aliphatic heterocycles. The number of carbonyl (C=O) groups is 2. The monoisotopic (exact) mass is 347 g/mol. The lowest BCUT2D eigenvalue weighted by atomic mass is 9.96. The molecule has 0 radical (unpaired) electrons. The maximum absolute atomic E-state index is 12.8. The molecule has 2 aliphatic carbocycles. The summed E-state index contributed by atoms with van der Waals surface area (Å²) >= 11 is 1.64. The second-order valence-electron chi connectivity index (χ2n) is 7.55. The van der Waals surface area contributed by atoms with Gasteiger partial charge in [-0.05, 0) is 51.4 Å². The highest BCUT2D eigenvalue weighted by atomic mass is 32.1. The third-order valence-corrected chi connectivity index (χ3v) is 6.37. The van der Waals surface area contributed by atoms with E-state index in [-0.39, 0.29) is 29.7 Å². The normalized spacial score (nSPS) is 25.4. The molecule has 2 amide bonds. The third-order valence-electron chi connectivity index (χ3n) is 5.32. The average molecular weight is 347 g/mol. The van der Waals surface area contributed by atoms with Gasteiger partial charge in [0, 0.05) is 30.1 Å². The van der Waals surface area contributed by atoms with Crippen molar-refractivity contribution >= 4 is 23.2 Å². The second kappa shape index (κ2) is 6.47. The first-order valence-corrected chi connectivity index (χ1v) is 10.0. The maximum atomic E-state index is 12.8. The number of hydrogen-bond acceptors (Lipinski definition) is 4. The van der Waals surface area contributed by atoms with Crippen LogP contribution in [0.4, 0.5) is 0 Å². The van der Waals surface area contributed by atoms with Gasteiger partial charge < -0.3 is 10.2 Å². The Morgan fingerprint density at radius 2 is 2.04 bits per heavy atom. The Morgan fingerprint density at radius 1 is 1.25 bits per heavy atom. The van der Waals surface area contributed by atoms with Gasteiger partial charge in [0.05, 0.1) is 12.0 Å². The summed E-state index contributed by atoms with van der Waals surface area (Å²) in [7, 11) is 0. The summed E-state index contributed by atoms with van der Waals surface area (Å²) in [6, 6.07) is 0.0608. The van der Waals surface area contributed by atoms with Crippen molar-refractivity contribution in [3.05, 3.63) is 16.1 Å². The molecule has 24 heavy (non-hydrogen) atoms. The molecular weight excluding hydrogens is 322 g/mol. The van der Waals surface area contributed by atoms with Gasteiger partial charge in [-0.2, -0.15) is 0 Å². The van der Waals surface area contributed by atoms with Crippen LogP contribution in [-0.4, -0.2) is 34.8 Å². The summed E-state index contributed by atoms with van der Waals surface area (Å²) in [5, 5.41) is 6.34. The average Bonchev–Trinajstić information content (AvgIpc) is 3.50. The van der Waals surface area contributed by atoms with Gasteiger partial charge in [-0.1, -0.05) is 0 Å². The first-order chi connectivity index (χ1) is 11.6. The molecule has 3 fully saturated rings. The smallest absolute Gasteiger partial charge is 0.225 e. The van der Waals surface area contributed by atoms with Crippen molar-refractivity contribution in [3.8, 4) is 0 Å². The molecule has 2 saturated carbocycles. The van der Waals surface area contributed by atoms with E-state index in [1.54, 1.807) is 11.3 Å². The topological polar surface area (TPSA) is 62.3 Å². The Labute approximate surface area is 146 Å². The van der Waals surface area contributed by atoms with Crippen molar-refractivity contribution in [1.82, 2.24) is 15.2 Å². The molecule has 1 N–H and O–H groups in total. The number of nitrogens with one attached hydrogen (secondary N) is 1. The zero-order valence-corrected chi connectivity index (χ0v) is 15.0. The fourth-order valence-electron chi connectivity index (χ4n) is 3.58. The van der Waals surface area contributed by atoms with Crippen molar-refractivity contribution < 1.29 is 9.59 Å². The van der Waals surface area contributed by atoms with E-state index in [2.05, 4.69) is 10.3 Å². The molecule has 5 nitrogen and oxygen atoms in total. The van der Waals surface area contributed by atoms with Crippen LogP contribution < -0.4 is 5.32 Å². The van der Waals surface area contributed by atoms with Crippen molar-refractivity contribution in [2.45, 2.75) is 51.5 Å². The number of likely N-dealkylation sites (tertiary alicyclic amines) is 1. The summed E-state index contributed by atoms with van der Waals surface area (Å²) in [4.78, 5) is 31.6. The molecule has 4 rings (SSSR count). The Hall–Kier alpha value is -1.43. The molecule has 0 aromatic carbocycles. The maximum Gasteiger partial charge on any atom is 0.225 e. The molecule has 6 heteroatoms. The lowest BCUT2D eigenvalue weighted by Gasteiger charge is -2.33. The number of aromatic nitrogens is 1. The lowest BCUT2D eigenvalue weighted by Crippen LogP contribution is -2.46. The number of aryl methyl sites for hydroxylation is 1. The van der Waals surface area contributed by atoms with Gasteiger partial charge in [-0.15, -0.1) is 11.3 Å². The predicted molar refractivity (Wildman–Crippen MR) is 92.5 cm³/mol. The molecule has 0 unspecified atom stereocenters. The number of carbonyl (C=O) groups excluding carboxylic acids is 2. The van der Waals surface area contributed by atoms with Gasteiger partial charge in [0.25, 0.3) is 0 Å². The molecule has 130 valence electrons. The standard InChI is InChI=1S/C18H25N3O2S/c1-11-10-24-17(19-11)15(12-4-5-12)20-16(22)14-3-2-8-21(9-14)18(23)13-6-7-13/h10,12-15H,2-9H2,1H3,(H,20,22)/t14-,15-/m1/s1. The molecule has 0 bridgehead atoms. The molecule has 1 aromatic heterocycles. The number of hydrogen-bond donors (Lipinski definition) is 1. The number of piperidine rings is 1. The van der Waals surface area contributed by atoms with Crippen LogP contribution in [0.2, 0.25) is 0 Å². The van der Waals surface area contributed by atoms with E-state index < -0.39 is 0 Å². The van der Waals surface area contributed by atoms with Crippen molar-refractivity contribution in [1.29, 1.82) is 0 Å². The van der Waals surface area contributed by atoms with Crippen molar-refractivity contribution in [2.75, 3.05) is 13.1 Å². The van der Waals surface area contributed by atoms with Crippen molar-refractivity contribution in [3.63, 3.8) is 0 Å². The molecule has 2 heterocycles. The van der Waals surface area contributed by atoms with Crippen LogP contribution in [0.5, 0.6) is 0 Å². The Kier molecular flexibility index (Phi) is 4.33. The SMILES string of the molecule is Cc1csc([C@H](NC(=O)[C@@H]2CCCN(C(=O)C3CC3)C2)C2CC2)n1. The van der Waals surface area contributed by atoms with E-state index >= 15 is 0 Å². The van der Waals surface area contributed by atoms with Gasteiger partial charge in [0.2, 0.25) is 11.8 Å². The van der Waals surface area contributed by atoms with Crippen LogP contribution in [0.3, 0.4) is 0 Å². The fourth-order valence-corrected chi connectivity index (χ4v) is 4.52. The lowest BCUT2D eigenvalue weighted by molar-refractivity contribution is -0.137. The predicted octanol–water partition coefficient (Wildman–Crippen LogP) is 2.67. The van der Waals surface area contributed by atoms with Crippen LogP contribution in [0.15, 0.2) is 5.38 Å². The Morgan fingerprint density at radius 3 is 2.67 bits per heavy atom. The zero-order valence-electron chi connectivity index (χ0n) is 14.2. The molecule has 1 aromatic rings. The van der Waals surface area contributed by atoms with E-state index in [9.17, 15) is 9.59 Å². The first-order valence-electron chi connectivity index (χ1n) is 9.13. The number of rotatable bonds is 5. The van der Waals surface area contributed by atoms with Crippen molar-refractivity contribution in [2.24, 2.45) is 17.8 Å². The minimum Gasteiger partial charge on any atom is -0.346 e. The minimum atomic E-state index is -0.0660. The van der Waals surface area contributed by atoms with Gasteiger partial charge in [-0.3, -0.25) is 9.59 Å². The summed E-state index contributed by atoms with van der Waals surface area (Å²) in [5.74, 6) is 1.08. The van der Waals surface area contributed by atoms with Gasteiger partial charge in [0.15, 0.2) is 0 Å². The highest BCUT2D eigenvalue weighted by molar-refractivity contribution is 7.09. The van der Waals surface area contributed by atoms with Gasteiger partial charge in [0.1, 0.15) is 5.01 Å². The van der Waals surface area contributed by atoms with Crippen LogP contribution in [0, 0.1) is 24.7 Å². The molecular formula is C18H25N3O2S. The Balaban J connectivity index is 1.39. The molecule has 0 spiro atoms. The van der Waals surface area contributed by atoms with Gasteiger partial charge in [-0.25, -0.2) is 4.98 Å². The van der Waals surface area contributed by atoms with Crippen LogP contribution in [0.1, 0.15) is 55.3 Å². The second-order valence-corrected chi connectivity index (χ2v) is 8.44. The third kappa shape index (κ3) is 3.48. The Bertz CT molecular complexity index is 636. The summed E-state index contributed by atoms with van der Waals surface area (Å²) in [6.45, 7) is 3.40. The number of thiazole rings is 1. The first kappa shape index (κ1) is 16.1. The van der Waals surface area contributed by atoms with Crippen LogP contribution >= 0.6 is 11.3 Å². The van der Waals surface area contributed by atoms with E-state index in [1.807, 2.05) is 17.2 Å². The molecule has 1 saturated heterocycles. The van der Waals surface area contributed by atoms with E-state index in [4.69, 9.17) is 0 Å². The summed E-state index contributed by atoms with van der Waals surface area (Å²) < 4.78 is 0. The zero-order chi connectivity index (χ0) is 16.7. The van der Waals surface area contributed by atoms with E-state index in [0.717, 1.165) is 42.9 Å². The van der Waals surface area contributed by atoms with Gasteiger partial charge >= 0.3 is 0 Å². The van der Waals surface area contributed by atoms with Crippen LogP contribution in [0.25, 0.3) is 0 Å². The number of amides is 2. The quantitative estimate of drug-likeness (QED) is 0.891. The summed E-state index contributed by atoms with van der Waals surface area (Å²) in [6.07, 6.45) is 6.20. The van der Waals surface area contributed by atoms with E-state index in [0.29, 0.717) is 12.5 Å². The molecule has 2 atom stereocenters. The highest BCUT2D eigenvalue weighted by Crippen LogP contribution is 2.42. The van der Waals surface area contributed by atoms with E-state index in [1.165, 1.54) is 12.8 Å². The largest absolute Gasteiger partial charge is 0.346 e. The molecule has 3 aliphatic rings. The highest BCUT2D eigenvalue weighted by Gasteiger charge is 2.39. The fraction of sp³-hybridized carbons (Fsp3) is 0.722. The summed E-state index contributed by atoms with van der Waals surface area (Å²) in [5.41, 5.74) is 1.02.